The second-order valence-corrected chi connectivity index (χ2v) is 5.32. The highest BCUT2D eigenvalue weighted by Crippen LogP contribution is 2.31. The predicted octanol–water partition coefficient (Wildman–Crippen LogP) is 2.23. The second-order valence-electron chi connectivity index (χ2n) is 4.79. The highest BCUT2D eigenvalue weighted by atomic mass is 35.5. The third-order valence-corrected chi connectivity index (χ3v) is 3.82. The largest absolute Gasteiger partial charge is 0.467 e. The molecule has 0 aliphatic heterocycles. The van der Waals surface area contributed by atoms with Crippen molar-refractivity contribution in [1.29, 1.82) is 0 Å². The SMILES string of the molecule is COC(=O)C(N=Cc1ccccc1)C1CC(=O)C(Cl)C1. The lowest BCUT2D eigenvalue weighted by Gasteiger charge is -2.16. The van der Waals surface area contributed by atoms with Crippen molar-refractivity contribution in [2.24, 2.45) is 10.9 Å². The van der Waals surface area contributed by atoms with Gasteiger partial charge in [-0.1, -0.05) is 30.3 Å². The van der Waals surface area contributed by atoms with Gasteiger partial charge < -0.3 is 4.74 Å². The van der Waals surface area contributed by atoms with E-state index in [0.29, 0.717) is 6.42 Å². The molecule has 106 valence electrons. The standard InChI is InChI=1S/C15H16ClNO3/c1-20-15(19)14(11-7-12(16)13(18)8-11)17-9-10-5-3-2-4-6-10/h2-6,9,11-12,14H,7-8H2,1H3. The Morgan fingerprint density at radius 3 is 2.70 bits per heavy atom. The first-order valence-electron chi connectivity index (χ1n) is 6.44. The molecule has 0 aromatic heterocycles. The van der Waals surface area contributed by atoms with Crippen LogP contribution in [-0.4, -0.2) is 36.5 Å². The normalized spacial score (nSPS) is 24.0. The fourth-order valence-electron chi connectivity index (χ4n) is 2.31. The maximum atomic E-state index is 11.8. The Morgan fingerprint density at radius 2 is 2.15 bits per heavy atom. The van der Waals surface area contributed by atoms with Crippen LogP contribution in [0.15, 0.2) is 35.3 Å². The molecular formula is C15H16ClNO3. The van der Waals surface area contributed by atoms with Crippen LogP contribution in [-0.2, 0) is 14.3 Å². The summed E-state index contributed by atoms with van der Waals surface area (Å²) in [4.78, 5) is 27.7. The number of ketones is 1. The molecule has 1 aromatic rings. The van der Waals surface area contributed by atoms with Crippen LogP contribution in [0.4, 0.5) is 0 Å². The third-order valence-electron chi connectivity index (χ3n) is 3.40. The van der Waals surface area contributed by atoms with Gasteiger partial charge in [-0.25, -0.2) is 4.79 Å². The summed E-state index contributed by atoms with van der Waals surface area (Å²) in [5, 5.41) is -0.515. The molecule has 4 nitrogen and oxygen atoms in total. The lowest BCUT2D eigenvalue weighted by atomic mass is 9.98. The van der Waals surface area contributed by atoms with Gasteiger partial charge in [0.25, 0.3) is 0 Å². The van der Waals surface area contributed by atoms with Gasteiger partial charge in [0.2, 0.25) is 0 Å². The number of alkyl halides is 1. The summed E-state index contributed by atoms with van der Waals surface area (Å²) in [5.41, 5.74) is 0.896. The topological polar surface area (TPSA) is 55.7 Å². The van der Waals surface area contributed by atoms with Crippen molar-refractivity contribution in [3.05, 3.63) is 35.9 Å². The number of esters is 1. The van der Waals surface area contributed by atoms with Crippen molar-refractivity contribution < 1.29 is 14.3 Å². The van der Waals surface area contributed by atoms with Crippen LogP contribution in [0.5, 0.6) is 0 Å². The first-order chi connectivity index (χ1) is 9.61. The van der Waals surface area contributed by atoms with E-state index in [2.05, 4.69) is 4.99 Å². The molecule has 1 aromatic carbocycles. The van der Waals surface area contributed by atoms with E-state index in [1.807, 2.05) is 30.3 Å². The van der Waals surface area contributed by atoms with E-state index >= 15 is 0 Å². The fraction of sp³-hybridized carbons (Fsp3) is 0.400. The molecular weight excluding hydrogens is 278 g/mol. The number of Topliss-reactive ketones (excluding diaryl/α,β-unsaturated/α-hetero) is 1. The molecule has 0 spiro atoms. The number of nitrogens with zero attached hydrogens (tertiary/aromatic N) is 1. The van der Waals surface area contributed by atoms with Crippen LogP contribution in [0.1, 0.15) is 18.4 Å². The maximum Gasteiger partial charge on any atom is 0.330 e. The lowest BCUT2D eigenvalue weighted by Crippen LogP contribution is -2.28. The molecule has 1 aliphatic rings. The van der Waals surface area contributed by atoms with Gasteiger partial charge >= 0.3 is 5.97 Å². The molecule has 0 radical (unpaired) electrons. The molecule has 0 saturated heterocycles. The van der Waals surface area contributed by atoms with Crippen molar-refractivity contribution in [2.45, 2.75) is 24.3 Å². The Labute approximate surface area is 122 Å². The minimum atomic E-state index is -0.673. The smallest absolute Gasteiger partial charge is 0.330 e. The van der Waals surface area contributed by atoms with Crippen molar-refractivity contribution in [3.8, 4) is 0 Å². The summed E-state index contributed by atoms with van der Waals surface area (Å²) >= 11 is 5.91. The minimum Gasteiger partial charge on any atom is -0.467 e. The van der Waals surface area contributed by atoms with Gasteiger partial charge in [0, 0.05) is 18.6 Å². The predicted molar refractivity (Wildman–Crippen MR) is 77.2 cm³/mol. The van der Waals surface area contributed by atoms with Gasteiger partial charge in [-0.2, -0.15) is 0 Å². The van der Waals surface area contributed by atoms with Gasteiger partial charge in [-0.05, 0) is 12.0 Å². The Bertz CT molecular complexity index is 515. The summed E-state index contributed by atoms with van der Waals surface area (Å²) in [7, 11) is 1.32. The van der Waals surface area contributed by atoms with Crippen LogP contribution in [0.2, 0.25) is 0 Å². The van der Waals surface area contributed by atoms with E-state index < -0.39 is 17.4 Å². The van der Waals surface area contributed by atoms with Crippen molar-refractivity contribution in [2.75, 3.05) is 7.11 Å². The first kappa shape index (κ1) is 14.7. The lowest BCUT2D eigenvalue weighted by molar-refractivity contribution is -0.143. The third kappa shape index (κ3) is 3.45. The molecule has 1 saturated carbocycles. The van der Waals surface area contributed by atoms with Crippen LogP contribution in [0.3, 0.4) is 0 Å². The monoisotopic (exact) mass is 293 g/mol. The molecule has 5 heteroatoms. The molecule has 1 aliphatic carbocycles. The van der Waals surface area contributed by atoms with Crippen molar-refractivity contribution in [3.63, 3.8) is 0 Å². The summed E-state index contributed by atoms with van der Waals surface area (Å²) < 4.78 is 4.78. The molecule has 0 amide bonds. The molecule has 3 unspecified atom stereocenters. The Morgan fingerprint density at radius 1 is 1.45 bits per heavy atom. The Hall–Kier alpha value is -1.68. The van der Waals surface area contributed by atoms with Gasteiger partial charge in [0.05, 0.1) is 12.5 Å². The van der Waals surface area contributed by atoms with Gasteiger partial charge in [0.15, 0.2) is 11.8 Å². The number of carbonyl (C=O) groups is 2. The number of ether oxygens (including phenoxy) is 1. The maximum absolute atomic E-state index is 11.8. The average Bonchev–Trinajstić information content (AvgIpc) is 2.79. The summed E-state index contributed by atoms with van der Waals surface area (Å²) in [6.07, 6.45) is 2.37. The number of benzene rings is 1. The van der Waals surface area contributed by atoms with Crippen molar-refractivity contribution >= 4 is 29.6 Å². The molecule has 20 heavy (non-hydrogen) atoms. The van der Waals surface area contributed by atoms with Crippen LogP contribution >= 0.6 is 11.6 Å². The summed E-state index contributed by atoms with van der Waals surface area (Å²) in [5.74, 6) is -0.640. The van der Waals surface area contributed by atoms with Crippen LogP contribution in [0, 0.1) is 5.92 Å². The number of carbonyl (C=O) groups excluding carboxylic acids is 2. The van der Waals surface area contributed by atoms with E-state index in [4.69, 9.17) is 16.3 Å². The Kier molecular flexibility index (Phi) is 4.90. The highest BCUT2D eigenvalue weighted by Gasteiger charge is 2.39. The van der Waals surface area contributed by atoms with E-state index in [1.54, 1.807) is 6.21 Å². The zero-order chi connectivity index (χ0) is 14.5. The molecule has 2 rings (SSSR count). The number of rotatable bonds is 4. The fourth-order valence-corrected chi connectivity index (χ4v) is 2.63. The summed E-state index contributed by atoms with van der Waals surface area (Å²) in [6, 6.07) is 8.80. The van der Waals surface area contributed by atoms with Crippen molar-refractivity contribution in [1.82, 2.24) is 0 Å². The van der Waals surface area contributed by atoms with E-state index in [-0.39, 0.29) is 18.1 Å². The number of hydrogen-bond donors (Lipinski definition) is 0. The van der Waals surface area contributed by atoms with E-state index in [1.165, 1.54) is 7.11 Å². The molecule has 0 bridgehead atoms. The van der Waals surface area contributed by atoms with Gasteiger partial charge in [-0.3, -0.25) is 9.79 Å². The van der Waals surface area contributed by atoms with Gasteiger partial charge in [-0.15, -0.1) is 11.6 Å². The Balaban J connectivity index is 2.15. The molecule has 3 atom stereocenters. The quantitative estimate of drug-likeness (QED) is 0.486. The average molecular weight is 294 g/mol. The highest BCUT2D eigenvalue weighted by molar-refractivity contribution is 6.31. The molecule has 0 N–H and O–H groups in total. The zero-order valence-electron chi connectivity index (χ0n) is 11.2. The number of aliphatic imine (C=N–C) groups is 1. The number of hydrogen-bond acceptors (Lipinski definition) is 4. The second kappa shape index (κ2) is 6.66. The zero-order valence-corrected chi connectivity index (χ0v) is 11.9. The first-order valence-corrected chi connectivity index (χ1v) is 6.88. The van der Waals surface area contributed by atoms with Gasteiger partial charge in [0.1, 0.15) is 0 Å². The van der Waals surface area contributed by atoms with Crippen LogP contribution in [0.25, 0.3) is 0 Å². The number of halogens is 1. The number of methoxy groups -OCH3 is 1. The molecule has 1 fully saturated rings. The van der Waals surface area contributed by atoms with E-state index in [0.717, 1.165) is 5.56 Å². The van der Waals surface area contributed by atoms with E-state index in [9.17, 15) is 9.59 Å². The summed E-state index contributed by atoms with van der Waals surface area (Å²) in [6.45, 7) is 0. The minimum absolute atomic E-state index is 0.0273. The van der Waals surface area contributed by atoms with Crippen LogP contribution < -0.4 is 0 Å². The molecule has 0 heterocycles.